The van der Waals surface area contributed by atoms with Gasteiger partial charge in [0, 0.05) is 19.1 Å². The Labute approximate surface area is 248 Å². The summed E-state index contributed by atoms with van der Waals surface area (Å²) in [6, 6.07) is 8.56. The highest BCUT2D eigenvalue weighted by atomic mass is 16.6. The molecule has 10 heteroatoms. The summed E-state index contributed by atoms with van der Waals surface area (Å²) >= 11 is 0. The molecule has 0 saturated heterocycles. The molecule has 0 heterocycles. The maximum Gasteiger partial charge on any atom is 0.200 e. The van der Waals surface area contributed by atoms with E-state index in [4.69, 9.17) is 24.1 Å². The molecule has 2 aromatic rings. The molecular formula is C32H48O10. The van der Waals surface area contributed by atoms with E-state index in [0.29, 0.717) is 36.5 Å². The van der Waals surface area contributed by atoms with Gasteiger partial charge in [0.2, 0.25) is 5.75 Å². The molecule has 1 saturated carbocycles. The third-order valence-electron chi connectivity index (χ3n) is 8.21. The third kappa shape index (κ3) is 9.91. The Morgan fingerprint density at radius 1 is 0.929 bits per heavy atom. The van der Waals surface area contributed by atoms with Gasteiger partial charge >= 0.3 is 0 Å². The lowest BCUT2D eigenvalue weighted by molar-refractivity contribution is -0.0765. The van der Waals surface area contributed by atoms with Gasteiger partial charge in [0.1, 0.15) is 6.79 Å². The van der Waals surface area contributed by atoms with Crippen LogP contribution >= 0.6 is 0 Å². The summed E-state index contributed by atoms with van der Waals surface area (Å²) < 4.78 is 22.2. The van der Waals surface area contributed by atoms with Crippen LogP contribution < -0.4 is 14.2 Å². The van der Waals surface area contributed by atoms with E-state index < -0.39 is 24.9 Å². The number of aromatic hydroxyl groups is 2. The van der Waals surface area contributed by atoms with Crippen molar-refractivity contribution in [1.29, 1.82) is 0 Å². The topological polar surface area (TPSA) is 158 Å². The number of hydrogen-bond donors (Lipinski definition) is 6. The molecule has 1 fully saturated rings. The van der Waals surface area contributed by atoms with Gasteiger partial charge in [0.25, 0.3) is 0 Å². The first-order valence-electron chi connectivity index (χ1n) is 14.9. The van der Waals surface area contributed by atoms with Crippen molar-refractivity contribution < 1.29 is 49.6 Å². The Hall–Kier alpha value is -2.76. The van der Waals surface area contributed by atoms with Crippen molar-refractivity contribution in [1.82, 2.24) is 0 Å². The smallest absolute Gasteiger partial charge is 0.200 e. The first kappa shape index (κ1) is 33.7. The highest BCUT2D eigenvalue weighted by Gasteiger charge is 2.26. The molecule has 6 N–H and O–H groups in total. The van der Waals surface area contributed by atoms with Crippen LogP contribution in [0.25, 0.3) is 0 Å². The third-order valence-corrected chi connectivity index (χ3v) is 8.21. The van der Waals surface area contributed by atoms with Gasteiger partial charge in [-0.1, -0.05) is 12.5 Å². The van der Waals surface area contributed by atoms with Crippen LogP contribution in [-0.4, -0.2) is 83.2 Å². The largest absolute Gasteiger partial charge is 0.504 e. The van der Waals surface area contributed by atoms with Crippen LogP contribution in [0.4, 0.5) is 0 Å². The van der Waals surface area contributed by atoms with Crippen molar-refractivity contribution in [3.8, 4) is 28.7 Å². The number of rotatable bonds is 18. The number of methoxy groups -OCH3 is 2. The summed E-state index contributed by atoms with van der Waals surface area (Å²) in [6.45, 7) is -0.581. The van der Waals surface area contributed by atoms with E-state index in [2.05, 4.69) is 0 Å². The van der Waals surface area contributed by atoms with E-state index in [1.165, 1.54) is 14.2 Å². The summed E-state index contributed by atoms with van der Waals surface area (Å²) in [4.78, 5) is 0. The maximum absolute atomic E-state index is 11.0. The first-order chi connectivity index (χ1) is 20.3. The number of benzene rings is 2. The number of ether oxygens (including phenoxy) is 4. The van der Waals surface area contributed by atoms with Crippen LogP contribution in [0.2, 0.25) is 0 Å². The highest BCUT2D eigenvalue weighted by Crippen LogP contribution is 2.38. The predicted octanol–water partition coefficient (Wildman–Crippen LogP) is 3.69. The van der Waals surface area contributed by atoms with Gasteiger partial charge < -0.3 is 49.6 Å². The Balaban J connectivity index is 1.60. The Morgan fingerprint density at radius 2 is 1.64 bits per heavy atom. The predicted molar refractivity (Wildman–Crippen MR) is 157 cm³/mol. The van der Waals surface area contributed by atoms with Gasteiger partial charge in [-0.15, -0.1) is 0 Å². The Kier molecular flexibility index (Phi) is 14.0. The lowest BCUT2D eigenvalue weighted by Gasteiger charge is -2.30. The lowest BCUT2D eigenvalue weighted by Crippen LogP contribution is -2.31. The first-order valence-corrected chi connectivity index (χ1v) is 14.9. The van der Waals surface area contributed by atoms with Gasteiger partial charge in [-0.3, -0.25) is 0 Å². The second kappa shape index (κ2) is 17.4. The molecule has 0 bridgehead atoms. The average Bonchev–Trinajstić information content (AvgIpc) is 2.99. The van der Waals surface area contributed by atoms with Crippen LogP contribution in [-0.2, 0) is 17.6 Å². The van der Waals surface area contributed by atoms with Gasteiger partial charge in [-0.2, -0.15) is 0 Å². The van der Waals surface area contributed by atoms with Gasteiger partial charge in [0.05, 0.1) is 32.5 Å². The molecule has 5 unspecified atom stereocenters. The number of aliphatic hydroxyl groups is 4. The van der Waals surface area contributed by atoms with Crippen molar-refractivity contribution in [2.24, 2.45) is 11.8 Å². The molecule has 0 spiro atoms. The molecule has 1 aliphatic carbocycles. The zero-order valence-electron chi connectivity index (χ0n) is 24.8. The number of hydrogen-bond acceptors (Lipinski definition) is 10. The molecule has 0 radical (unpaired) electrons. The zero-order valence-corrected chi connectivity index (χ0v) is 24.8. The Bertz CT molecular complexity index is 1050. The minimum Gasteiger partial charge on any atom is -0.504 e. The molecule has 0 aliphatic heterocycles. The van der Waals surface area contributed by atoms with E-state index in [1.54, 1.807) is 18.2 Å². The summed E-state index contributed by atoms with van der Waals surface area (Å²) in [5.74, 6) is 0.871. The minimum absolute atomic E-state index is 0.0214. The zero-order chi connectivity index (χ0) is 30.5. The molecule has 2 aromatic carbocycles. The molecule has 10 nitrogen and oxygen atoms in total. The highest BCUT2D eigenvalue weighted by molar-refractivity contribution is 5.52. The molecule has 0 aromatic heterocycles. The van der Waals surface area contributed by atoms with Crippen LogP contribution in [0.3, 0.4) is 0 Å². The SMILES string of the molecule is COc1cc(CC(CO)C(O)CC(CCc2ccc(O)c(OC3CCCC(CCCO)C3)c2)OCO)cc(OC)c1O. The van der Waals surface area contributed by atoms with Crippen LogP contribution in [0.1, 0.15) is 62.5 Å². The molecule has 0 amide bonds. The van der Waals surface area contributed by atoms with E-state index in [0.717, 1.165) is 44.1 Å². The van der Waals surface area contributed by atoms with Crippen molar-refractivity contribution in [2.75, 3.05) is 34.2 Å². The monoisotopic (exact) mass is 592 g/mol. The van der Waals surface area contributed by atoms with Gasteiger partial charge in [-0.25, -0.2) is 0 Å². The van der Waals surface area contributed by atoms with E-state index in [9.17, 15) is 25.5 Å². The van der Waals surface area contributed by atoms with Crippen molar-refractivity contribution in [2.45, 2.75) is 82.5 Å². The standard InChI is InChI=1S/C32H48O10/c1-39-30-16-23(17-31(40-2)32(30)38)13-24(19-34)28(37)18-25(41-20-35)10-8-22-9-11-27(36)29(15-22)42-26-7-3-5-21(14-26)6-4-12-33/h9,11,15-17,21,24-26,28,33-38H,3-8,10,12-14,18-20H2,1-2H3. The summed E-state index contributed by atoms with van der Waals surface area (Å²) in [5.41, 5.74) is 1.65. The molecule has 1 aliphatic rings. The molecular weight excluding hydrogens is 544 g/mol. The number of aliphatic hydroxyl groups excluding tert-OH is 4. The van der Waals surface area contributed by atoms with E-state index in [1.807, 2.05) is 12.1 Å². The molecule has 42 heavy (non-hydrogen) atoms. The van der Waals surface area contributed by atoms with E-state index in [-0.39, 0.29) is 48.7 Å². The minimum atomic E-state index is -0.930. The molecule has 5 atom stereocenters. The van der Waals surface area contributed by atoms with Gasteiger partial charge in [0.15, 0.2) is 23.0 Å². The fourth-order valence-electron chi connectivity index (χ4n) is 5.83. The van der Waals surface area contributed by atoms with Crippen LogP contribution in [0.5, 0.6) is 28.7 Å². The normalized spacial score (nSPS) is 19.2. The fourth-order valence-corrected chi connectivity index (χ4v) is 5.83. The summed E-state index contributed by atoms with van der Waals surface area (Å²) in [5, 5.41) is 60.3. The average molecular weight is 593 g/mol. The van der Waals surface area contributed by atoms with Gasteiger partial charge in [-0.05, 0) is 99.1 Å². The second-order valence-electron chi connectivity index (χ2n) is 11.2. The molecule has 3 rings (SSSR count). The summed E-state index contributed by atoms with van der Waals surface area (Å²) in [7, 11) is 2.87. The number of phenols is 2. The number of aryl methyl sites for hydroxylation is 1. The quantitative estimate of drug-likeness (QED) is 0.141. The van der Waals surface area contributed by atoms with Crippen LogP contribution in [0.15, 0.2) is 30.3 Å². The van der Waals surface area contributed by atoms with Crippen molar-refractivity contribution >= 4 is 0 Å². The number of phenolic OH excluding ortho intramolecular Hbond substituents is 2. The van der Waals surface area contributed by atoms with Crippen molar-refractivity contribution in [3.05, 3.63) is 41.5 Å². The maximum atomic E-state index is 11.0. The Morgan fingerprint density at radius 3 is 2.29 bits per heavy atom. The van der Waals surface area contributed by atoms with Crippen molar-refractivity contribution in [3.63, 3.8) is 0 Å². The lowest BCUT2D eigenvalue weighted by atomic mass is 9.84. The van der Waals surface area contributed by atoms with Crippen LogP contribution in [0, 0.1) is 11.8 Å². The van der Waals surface area contributed by atoms with E-state index >= 15 is 0 Å². The second-order valence-corrected chi connectivity index (χ2v) is 11.2. The fraction of sp³-hybridized carbons (Fsp3) is 0.625. The molecule has 236 valence electrons. The summed E-state index contributed by atoms with van der Waals surface area (Å²) in [6.07, 6.45) is 5.97.